The Hall–Kier alpha value is -3.28. The van der Waals surface area contributed by atoms with Gasteiger partial charge in [-0.2, -0.15) is 13.2 Å². The fourth-order valence-electron chi connectivity index (χ4n) is 4.36. The molecule has 0 radical (unpaired) electrons. The zero-order chi connectivity index (χ0) is 22.9. The Labute approximate surface area is 184 Å². The standard InChI is InChI=1S/C26H23F3O3/c1-16-11-20-13-22(9-10-23(20)24(16)14-25(30)31)32-15-17-3-2-4-19(12-17)18-5-7-21(8-6-18)26(27,28)29/h2-10,12-13,16,24H,11,14-15H2,1H3,(H,30,31). The lowest BCUT2D eigenvalue weighted by molar-refractivity contribution is -0.138. The molecule has 6 heteroatoms. The largest absolute Gasteiger partial charge is 0.489 e. The molecule has 1 aliphatic rings. The SMILES string of the molecule is CC1Cc2cc(OCc3cccc(-c4ccc(C(F)(F)F)cc4)c3)ccc2C1CC(=O)O. The van der Waals surface area contributed by atoms with E-state index in [9.17, 15) is 18.0 Å². The fourth-order valence-corrected chi connectivity index (χ4v) is 4.36. The summed E-state index contributed by atoms with van der Waals surface area (Å²) in [6.45, 7) is 2.39. The van der Waals surface area contributed by atoms with Gasteiger partial charge in [-0.05, 0) is 76.4 Å². The highest BCUT2D eigenvalue weighted by Gasteiger charge is 2.31. The van der Waals surface area contributed by atoms with Crippen LogP contribution in [0.3, 0.4) is 0 Å². The second-order valence-corrected chi connectivity index (χ2v) is 8.31. The minimum Gasteiger partial charge on any atom is -0.489 e. The maximum atomic E-state index is 12.8. The molecule has 3 nitrogen and oxygen atoms in total. The molecular formula is C26H23F3O3. The van der Waals surface area contributed by atoms with Gasteiger partial charge in [0.1, 0.15) is 12.4 Å². The van der Waals surface area contributed by atoms with Crippen molar-refractivity contribution in [2.75, 3.05) is 0 Å². The molecule has 3 aromatic rings. The third-order valence-corrected chi connectivity index (χ3v) is 6.02. The monoisotopic (exact) mass is 440 g/mol. The summed E-state index contributed by atoms with van der Waals surface area (Å²) in [4.78, 5) is 11.2. The Kier molecular flexibility index (Phi) is 5.96. The molecule has 1 aliphatic carbocycles. The first-order chi connectivity index (χ1) is 15.2. The van der Waals surface area contributed by atoms with Crippen molar-refractivity contribution in [3.05, 3.63) is 89.0 Å². The Morgan fingerprint density at radius 3 is 2.47 bits per heavy atom. The van der Waals surface area contributed by atoms with Crippen LogP contribution in [0.5, 0.6) is 5.75 Å². The molecule has 2 atom stereocenters. The van der Waals surface area contributed by atoms with Crippen LogP contribution in [0, 0.1) is 5.92 Å². The molecular weight excluding hydrogens is 417 g/mol. The summed E-state index contributed by atoms with van der Waals surface area (Å²) in [6.07, 6.45) is -3.39. The average molecular weight is 440 g/mol. The lowest BCUT2D eigenvalue weighted by Gasteiger charge is -2.14. The third-order valence-electron chi connectivity index (χ3n) is 6.02. The number of hydrogen-bond donors (Lipinski definition) is 1. The molecule has 0 spiro atoms. The van der Waals surface area contributed by atoms with E-state index in [2.05, 4.69) is 6.92 Å². The number of carboxylic acids is 1. The molecule has 1 N–H and O–H groups in total. The van der Waals surface area contributed by atoms with Gasteiger partial charge in [0.2, 0.25) is 0 Å². The van der Waals surface area contributed by atoms with Gasteiger partial charge in [-0.3, -0.25) is 4.79 Å². The minimum absolute atomic E-state index is 0.0250. The highest BCUT2D eigenvalue weighted by atomic mass is 19.4. The molecule has 0 amide bonds. The van der Waals surface area contributed by atoms with Crippen LogP contribution in [-0.4, -0.2) is 11.1 Å². The smallest absolute Gasteiger partial charge is 0.416 e. The molecule has 166 valence electrons. The summed E-state index contributed by atoms with van der Waals surface area (Å²) in [6, 6.07) is 18.4. The van der Waals surface area contributed by atoms with Crippen LogP contribution >= 0.6 is 0 Å². The molecule has 0 heterocycles. The number of alkyl halides is 3. The van der Waals surface area contributed by atoms with E-state index in [0.717, 1.165) is 40.8 Å². The van der Waals surface area contributed by atoms with Crippen molar-refractivity contribution in [1.29, 1.82) is 0 Å². The zero-order valence-corrected chi connectivity index (χ0v) is 17.5. The fraction of sp³-hybridized carbons (Fsp3) is 0.269. The van der Waals surface area contributed by atoms with E-state index in [1.165, 1.54) is 12.1 Å². The van der Waals surface area contributed by atoms with Crippen LogP contribution in [0.4, 0.5) is 13.2 Å². The number of hydrogen-bond acceptors (Lipinski definition) is 2. The van der Waals surface area contributed by atoms with Crippen LogP contribution < -0.4 is 4.74 Å². The predicted molar refractivity (Wildman–Crippen MR) is 116 cm³/mol. The highest BCUT2D eigenvalue weighted by Crippen LogP contribution is 2.41. The predicted octanol–water partition coefficient (Wildman–Crippen LogP) is 6.70. The number of fused-ring (bicyclic) bond motifs is 1. The first-order valence-corrected chi connectivity index (χ1v) is 10.4. The van der Waals surface area contributed by atoms with Crippen molar-refractivity contribution in [2.45, 2.75) is 38.5 Å². The number of carbonyl (C=O) groups is 1. The van der Waals surface area contributed by atoms with E-state index in [-0.39, 0.29) is 18.3 Å². The van der Waals surface area contributed by atoms with Crippen molar-refractivity contribution in [3.63, 3.8) is 0 Å². The van der Waals surface area contributed by atoms with E-state index >= 15 is 0 Å². The maximum absolute atomic E-state index is 12.8. The number of ether oxygens (including phenoxy) is 1. The Balaban J connectivity index is 1.45. The van der Waals surface area contributed by atoms with E-state index < -0.39 is 17.7 Å². The molecule has 3 aromatic carbocycles. The Morgan fingerprint density at radius 2 is 1.78 bits per heavy atom. The van der Waals surface area contributed by atoms with Gasteiger partial charge in [0.25, 0.3) is 0 Å². The maximum Gasteiger partial charge on any atom is 0.416 e. The van der Waals surface area contributed by atoms with Crippen LogP contribution in [-0.2, 0) is 24.0 Å². The van der Waals surface area contributed by atoms with E-state index in [1.807, 2.05) is 42.5 Å². The average Bonchev–Trinajstić information content (AvgIpc) is 3.06. The molecule has 0 bridgehead atoms. The van der Waals surface area contributed by atoms with Gasteiger partial charge >= 0.3 is 12.1 Å². The zero-order valence-electron chi connectivity index (χ0n) is 17.5. The summed E-state index contributed by atoms with van der Waals surface area (Å²) in [5.74, 6) is 0.226. The molecule has 32 heavy (non-hydrogen) atoms. The molecule has 4 rings (SSSR count). The Bertz CT molecular complexity index is 1120. The van der Waals surface area contributed by atoms with Crippen LogP contribution in [0.15, 0.2) is 66.7 Å². The van der Waals surface area contributed by atoms with Gasteiger partial charge in [0.05, 0.1) is 12.0 Å². The number of benzene rings is 3. The van der Waals surface area contributed by atoms with Gasteiger partial charge in [-0.15, -0.1) is 0 Å². The third kappa shape index (κ3) is 4.79. The summed E-state index contributed by atoms with van der Waals surface area (Å²) in [7, 11) is 0. The van der Waals surface area contributed by atoms with Gasteiger partial charge in [0, 0.05) is 0 Å². The number of halogens is 3. The van der Waals surface area contributed by atoms with Crippen molar-refractivity contribution < 1.29 is 27.8 Å². The lowest BCUT2D eigenvalue weighted by atomic mass is 9.91. The number of rotatable bonds is 6. The lowest BCUT2D eigenvalue weighted by Crippen LogP contribution is -2.09. The number of aliphatic carboxylic acids is 1. The van der Waals surface area contributed by atoms with Gasteiger partial charge < -0.3 is 9.84 Å². The summed E-state index contributed by atoms with van der Waals surface area (Å²) in [5, 5.41) is 9.16. The highest BCUT2D eigenvalue weighted by molar-refractivity contribution is 5.68. The van der Waals surface area contributed by atoms with E-state index in [1.54, 1.807) is 0 Å². The minimum atomic E-state index is -4.35. The van der Waals surface area contributed by atoms with Gasteiger partial charge in [-0.25, -0.2) is 0 Å². The topological polar surface area (TPSA) is 46.5 Å². The molecule has 0 saturated heterocycles. The van der Waals surface area contributed by atoms with Crippen LogP contribution in [0.25, 0.3) is 11.1 Å². The van der Waals surface area contributed by atoms with Crippen LogP contribution in [0.2, 0.25) is 0 Å². The molecule has 0 fully saturated rings. The summed E-state index contributed by atoms with van der Waals surface area (Å²) >= 11 is 0. The quantitative estimate of drug-likeness (QED) is 0.464. The number of carboxylic acid groups (broad SMARTS) is 1. The molecule has 0 aromatic heterocycles. The van der Waals surface area contributed by atoms with Gasteiger partial charge in [0.15, 0.2) is 0 Å². The first kappa shape index (κ1) is 21.9. The van der Waals surface area contributed by atoms with Gasteiger partial charge in [-0.1, -0.05) is 43.3 Å². The second-order valence-electron chi connectivity index (χ2n) is 8.31. The van der Waals surface area contributed by atoms with Crippen molar-refractivity contribution in [3.8, 4) is 16.9 Å². The second kappa shape index (κ2) is 8.69. The first-order valence-electron chi connectivity index (χ1n) is 10.4. The van der Waals surface area contributed by atoms with Crippen molar-refractivity contribution in [1.82, 2.24) is 0 Å². The molecule has 2 unspecified atom stereocenters. The molecule has 0 saturated carbocycles. The summed E-state index contributed by atoms with van der Waals surface area (Å²) < 4.78 is 44.3. The van der Waals surface area contributed by atoms with E-state index in [0.29, 0.717) is 17.9 Å². The normalized spacial score (nSPS) is 17.8. The van der Waals surface area contributed by atoms with E-state index in [4.69, 9.17) is 9.84 Å². The Morgan fingerprint density at radius 1 is 1.03 bits per heavy atom. The van der Waals surface area contributed by atoms with Crippen molar-refractivity contribution >= 4 is 5.97 Å². The summed E-state index contributed by atoms with van der Waals surface area (Å²) in [5.41, 5.74) is 3.96. The van der Waals surface area contributed by atoms with Crippen LogP contribution in [0.1, 0.15) is 41.5 Å². The van der Waals surface area contributed by atoms with Crippen molar-refractivity contribution in [2.24, 2.45) is 5.92 Å². The molecule has 0 aliphatic heterocycles.